The van der Waals surface area contributed by atoms with Gasteiger partial charge in [0.05, 0.1) is 12.3 Å². The molecule has 4 N–H and O–H groups in total. The fraction of sp³-hybridized carbons (Fsp3) is 0.826. The van der Waals surface area contributed by atoms with E-state index < -0.39 is 48.1 Å². The van der Waals surface area contributed by atoms with Gasteiger partial charge in [-0.25, -0.2) is 0 Å². The maximum absolute atomic E-state index is 11.7. The second-order valence-electron chi connectivity index (χ2n) is 8.42. The molecule has 0 radical (unpaired) electrons. The van der Waals surface area contributed by atoms with Gasteiger partial charge in [0.25, 0.3) is 0 Å². The number of aliphatic carboxylic acids is 4. The number of carboxylic acid groups (broad SMARTS) is 4. The van der Waals surface area contributed by atoms with Gasteiger partial charge in [0, 0.05) is 0 Å². The van der Waals surface area contributed by atoms with E-state index in [0.717, 1.165) is 25.7 Å². The molecule has 0 saturated heterocycles. The van der Waals surface area contributed by atoms with Crippen LogP contribution in [-0.2, 0) is 19.2 Å². The molecule has 0 aromatic heterocycles. The van der Waals surface area contributed by atoms with Gasteiger partial charge in [-0.05, 0) is 6.42 Å². The molecule has 1 unspecified atom stereocenters. The molecule has 0 spiro atoms. The number of hydrogen-bond donors (Lipinski definition) is 4. The molecule has 0 saturated carbocycles. The van der Waals surface area contributed by atoms with E-state index in [1.54, 1.807) is 0 Å². The van der Waals surface area contributed by atoms with E-state index in [1.807, 2.05) is 0 Å². The molecular formula is C23H40O8. The highest BCUT2D eigenvalue weighted by molar-refractivity contribution is 6.03. The van der Waals surface area contributed by atoms with Crippen molar-refractivity contribution in [3.8, 4) is 0 Å². The molecule has 8 heteroatoms. The fourth-order valence-corrected chi connectivity index (χ4v) is 4.02. The topological polar surface area (TPSA) is 149 Å². The van der Waals surface area contributed by atoms with Gasteiger partial charge < -0.3 is 20.4 Å². The van der Waals surface area contributed by atoms with Crippen LogP contribution in [0.15, 0.2) is 0 Å². The molecule has 180 valence electrons. The molecule has 0 heterocycles. The highest BCUT2D eigenvalue weighted by Gasteiger charge is 2.56. The van der Waals surface area contributed by atoms with Gasteiger partial charge in [0.1, 0.15) is 0 Å². The molecular weight excluding hydrogens is 404 g/mol. The first-order chi connectivity index (χ1) is 14.7. The van der Waals surface area contributed by atoms with Crippen LogP contribution in [0.3, 0.4) is 0 Å². The summed E-state index contributed by atoms with van der Waals surface area (Å²) < 4.78 is 0. The number of rotatable bonds is 21. The molecule has 0 rings (SSSR count). The third kappa shape index (κ3) is 11.2. The van der Waals surface area contributed by atoms with E-state index >= 15 is 0 Å². The summed E-state index contributed by atoms with van der Waals surface area (Å²) in [7, 11) is 0. The molecule has 0 aliphatic carbocycles. The predicted octanol–water partition coefficient (Wildman–Crippen LogP) is 5.19. The summed E-state index contributed by atoms with van der Waals surface area (Å²) in [6, 6.07) is 0. The highest BCUT2D eigenvalue weighted by atomic mass is 16.4. The van der Waals surface area contributed by atoms with Crippen molar-refractivity contribution in [3.63, 3.8) is 0 Å². The lowest BCUT2D eigenvalue weighted by molar-refractivity contribution is -0.178. The standard InChI is InChI=1S/C23H40O8/c1-2-3-4-5-6-7-8-9-10-11-12-13-14-15-16-23(21(28)29,22(30)31)18(20(26)27)17-19(24)25/h18H,2-17H2,1H3,(H,24,25)(H,26,27)(H,28,29)(H,30,31). The Labute approximate surface area is 185 Å². The number of carbonyl (C=O) groups is 4. The van der Waals surface area contributed by atoms with Crippen molar-refractivity contribution in [2.24, 2.45) is 11.3 Å². The molecule has 8 nitrogen and oxygen atoms in total. The zero-order chi connectivity index (χ0) is 23.7. The maximum atomic E-state index is 11.7. The maximum Gasteiger partial charge on any atom is 0.321 e. The summed E-state index contributed by atoms with van der Waals surface area (Å²) in [4.78, 5) is 45.8. The minimum absolute atomic E-state index is 0.222. The Kier molecular flexibility index (Phi) is 15.4. The largest absolute Gasteiger partial charge is 0.481 e. The smallest absolute Gasteiger partial charge is 0.321 e. The summed E-state index contributed by atoms with van der Waals surface area (Å²) in [5, 5.41) is 37.2. The van der Waals surface area contributed by atoms with Gasteiger partial charge in [-0.15, -0.1) is 0 Å². The van der Waals surface area contributed by atoms with Crippen LogP contribution < -0.4 is 0 Å². The van der Waals surface area contributed by atoms with E-state index in [2.05, 4.69) is 6.92 Å². The molecule has 31 heavy (non-hydrogen) atoms. The lowest BCUT2D eigenvalue weighted by atomic mass is 9.70. The first kappa shape index (κ1) is 28.9. The quantitative estimate of drug-likeness (QED) is 0.140. The molecule has 0 aromatic carbocycles. The molecule has 0 amide bonds. The van der Waals surface area contributed by atoms with E-state index in [0.29, 0.717) is 6.42 Å². The summed E-state index contributed by atoms with van der Waals surface area (Å²) in [6.07, 6.45) is 13.6. The SMILES string of the molecule is CCCCCCCCCCCCCCCCC(C(=O)O)(C(=O)O)C(CC(=O)O)C(=O)O. The molecule has 0 fully saturated rings. The fourth-order valence-electron chi connectivity index (χ4n) is 4.02. The van der Waals surface area contributed by atoms with Crippen molar-refractivity contribution in [1.29, 1.82) is 0 Å². The summed E-state index contributed by atoms with van der Waals surface area (Å²) >= 11 is 0. The van der Waals surface area contributed by atoms with Crippen LogP contribution in [0.2, 0.25) is 0 Å². The van der Waals surface area contributed by atoms with Gasteiger partial charge >= 0.3 is 23.9 Å². The Morgan fingerprint density at radius 3 is 1.26 bits per heavy atom. The van der Waals surface area contributed by atoms with Crippen LogP contribution >= 0.6 is 0 Å². The Hall–Kier alpha value is -2.12. The van der Waals surface area contributed by atoms with Crippen molar-refractivity contribution in [1.82, 2.24) is 0 Å². The van der Waals surface area contributed by atoms with Crippen LogP contribution in [0.1, 0.15) is 110 Å². The predicted molar refractivity (Wildman–Crippen MR) is 116 cm³/mol. The number of carboxylic acids is 4. The lowest BCUT2D eigenvalue weighted by Crippen LogP contribution is -2.49. The van der Waals surface area contributed by atoms with Crippen molar-refractivity contribution in [2.75, 3.05) is 0 Å². The van der Waals surface area contributed by atoms with Crippen molar-refractivity contribution < 1.29 is 39.6 Å². The van der Waals surface area contributed by atoms with Crippen LogP contribution in [0, 0.1) is 11.3 Å². The normalized spacial score (nSPS) is 12.4. The van der Waals surface area contributed by atoms with Crippen LogP contribution in [0.25, 0.3) is 0 Å². The molecule has 0 bridgehead atoms. The van der Waals surface area contributed by atoms with Gasteiger partial charge in [-0.2, -0.15) is 0 Å². The van der Waals surface area contributed by atoms with E-state index in [9.17, 15) is 34.5 Å². The minimum Gasteiger partial charge on any atom is -0.481 e. The van der Waals surface area contributed by atoms with Gasteiger partial charge in [-0.1, -0.05) is 96.8 Å². The molecule has 1 atom stereocenters. The van der Waals surface area contributed by atoms with Gasteiger partial charge in [-0.3, -0.25) is 19.2 Å². The Morgan fingerprint density at radius 2 is 0.968 bits per heavy atom. The van der Waals surface area contributed by atoms with Crippen molar-refractivity contribution in [3.05, 3.63) is 0 Å². The third-order valence-corrected chi connectivity index (χ3v) is 5.96. The second kappa shape index (κ2) is 16.6. The zero-order valence-electron chi connectivity index (χ0n) is 18.8. The van der Waals surface area contributed by atoms with E-state index in [-0.39, 0.29) is 6.42 Å². The molecule has 0 aliphatic rings. The van der Waals surface area contributed by atoms with Crippen LogP contribution in [0.5, 0.6) is 0 Å². The minimum atomic E-state index is -2.64. The average Bonchev–Trinajstić information content (AvgIpc) is 2.69. The third-order valence-electron chi connectivity index (χ3n) is 5.96. The Morgan fingerprint density at radius 1 is 0.613 bits per heavy atom. The van der Waals surface area contributed by atoms with Crippen LogP contribution in [0.4, 0.5) is 0 Å². The second-order valence-corrected chi connectivity index (χ2v) is 8.42. The summed E-state index contributed by atoms with van der Waals surface area (Å²) in [5.74, 6) is -8.90. The Balaban J connectivity index is 4.28. The number of hydrogen-bond acceptors (Lipinski definition) is 4. The summed E-state index contributed by atoms with van der Waals surface area (Å²) in [6.45, 7) is 2.21. The van der Waals surface area contributed by atoms with Gasteiger partial charge in [0.15, 0.2) is 5.41 Å². The Bertz CT molecular complexity index is 544. The first-order valence-electron chi connectivity index (χ1n) is 11.6. The van der Waals surface area contributed by atoms with Crippen LogP contribution in [-0.4, -0.2) is 44.3 Å². The number of unbranched alkanes of at least 4 members (excludes halogenated alkanes) is 13. The average molecular weight is 445 g/mol. The van der Waals surface area contributed by atoms with E-state index in [4.69, 9.17) is 5.11 Å². The lowest BCUT2D eigenvalue weighted by Gasteiger charge is -2.30. The summed E-state index contributed by atoms with van der Waals surface area (Å²) in [5.41, 5.74) is -2.64. The highest BCUT2D eigenvalue weighted by Crippen LogP contribution is 2.37. The van der Waals surface area contributed by atoms with Gasteiger partial charge in [0.2, 0.25) is 0 Å². The van der Waals surface area contributed by atoms with Crippen molar-refractivity contribution in [2.45, 2.75) is 110 Å². The monoisotopic (exact) mass is 444 g/mol. The molecule has 0 aromatic rings. The van der Waals surface area contributed by atoms with E-state index in [1.165, 1.54) is 51.4 Å². The van der Waals surface area contributed by atoms with Crippen molar-refractivity contribution >= 4 is 23.9 Å². The molecule has 0 aliphatic heterocycles. The first-order valence-corrected chi connectivity index (χ1v) is 11.6. The zero-order valence-corrected chi connectivity index (χ0v) is 18.8.